The Labute approximate surface area is 138 Å². The summed E-state index contributed by atoms with van der Waals surface area (Å²) in [6, 6.07) is 7.99. The summed E-state index contributed by atoms with van der Waals surface area (Å²) >= 11 is 5.95. The molecule has 1 aliphatic rings. The van der Waals surface area contributed by atoms with E-state index in [1.165, 1.54) is 5.56 Å². The van der Waals surface area contributed by atoms with Crippen molar-refractivity contribution in [2.45, 2.75) is 52.6 Å². The minimum absolute atomic E-state index is 0.0863. The van der Waals surface area contributed by atoms with Crippen LogP contribution in [-0.2, 0) is 11.2 Å². The predicted molar refractivity (Wildman–Crippen MR) is 90.3 cm³/mol. The molecule has 1 saturated heterocycles. The molecule has 22 heavy (non-hydrogen) atoms. The zero-order valence-electron chi connectivity index (χ0n) is 14.0. The topological polar surface area (TPSA) is 29.5 Å². The lowest BCUT2D eigenvalue weighted by molar-refractivity contribution is 0.00670. The molecule has 1 amide bonds. The van der Waals surface area contributed by atoms with E-state index < -0.39 is 5.60 Å². The van der Waals surface area contributed by atoms with Crippen LogP contribution in [0.5, 0.6) is 0 Å². The van der Waals surface area contributed by atoms with Crippen molar-refractivity contribution >= 4 is 17.7 Å². The second-order valence-corrected chi connectivity index (χ2v) is 8.06. The Morgan fingerprint density at radius 3 is 2.55 bits per heavy atom. The van der Waals surface area contributed by atoms with Crippen LogP contribution in [0.1, 0.15) is 46.1 Å². The Morgan fingerprint density at radius 2 is 1.95 bits per heavy atom. The van der Waals surface area contributed by atoms with Gasteiger partial charge in [0.1, 0.15) is 5.60 Å². The van der Waals surface area contributed by atoms with Crippen molar-refractivity contribution in [3.8, 4) is 0 Å². The van der Waals surface area contributed by atoms with Crippen LogP contribution in [0.2, 0.25) is 5.02 Å². The van der Waals surface area contributed by atoms with Gasteiger partial charge in [-0.25, -0.2) is 4.79 Å². The number of benzene rings is 1. The van der Waals surface area contributed by atoms with E-state index in [2.05, 4.69) is 19.1 Å². The number of amides is 1. The second kappa shape index (κ2) is 6.49. The van der Waals surface area contributed by atoms with Crippen LogP contribution in [0.4, 0.5) is 4.79 Å². The van der Waals surface area contributed by atoms with E-state index >= 15 is 0 Å². The van der Waals surface area contributed by atoms with E-state index in [4.69, 9.17) is 16.3 Å². The maximum Gasteiger partial charge on any atom is 0.410 e. The highest BCUT2D eigenvalue weighted by Gasteiger charge is 2.35. The van der Waals surface area contributed by atoms with Gasteiger partial charge in [-0.15, -0.1) is 0 Å². The van der Waals surface area contributed by atoms with E-state index in [1.54, 1.807) is 0 Å². The summed E-state index contributed by atoms with van der Waals surface area (Å²) in [6.07, 6.45) is 2.89. The summed E-state index contributed by atoms with van der Waals surface area (Å²) in [5.41, 5.74) is 0.905. The van der Waals surface area contributed by atoms with Crippen molar-refractivity contribution in [1.29, 1.82) is 0 Å². The molecule has 1 atom stereocenters. The largest absolute Gasteiger partial charge is 0.444 e. The molecule has 0 saturated carbocycles. The Bertz CT molecular complexity index is 521. The second-order valence-electron chi connectivity index (χ2n) is 7.62. The number of ether oxygens (including phenoxy) is 1. The van der Waals surface area contributed by atoms with E-state index in [0.29, 0.717) is 0 Å². The number of carbonyl (C=O) groups is 1. The fraction of sp³-hybridized carbons (Fsp3) is 0.611. The van der Waals surface area contributed by atoms with Crippen LogP contribution >= 0.6 is 11.6 Å². The van der Waals surface area contributed by atoms with Crippen molar-refractivity contribution < 1.29 is 9.53 Å². The first-order valence-electron chi connectivity index (χ1n) is 7.89. The van der Waals surface area contributed by atoms with Crippen LogP contribution in [0.3, 0.4) is 0 Å². The summed E-state index contributed by atoms with van der Waals surface area (Å²) < 4.78 is 5.51. The van der Waals surface area contributed by atoms with Crippen LogP contribution in [-0.4, -0.2) is 29.7 Å². The summed E-state index contributed by atoms with van der Waals surface area (Å²) in [4.78, 5) is 14.1. The molecular formula is C18H26ClNO2. The van der Waals surface area contributed by atoms with Gasteiger partial charge in [0.15, 0.2) is 0 Å². The van der Waals surface area contributed by atoms with Crippen molar-refractivity contribution in [3.63, 3.8) is 0 Å². The van der Waals surface area contributed by atoms with Gasteiger partial charge >= 0.3 is 6.09 Å². The lowest BCUT2D eigenvalue weighted by Crippen LogP contribution is -2.47. The number of piperidine rings is 1. The number of likely N-dealkylation sites (tertiary alicyclic amines) is 1. The third-order valence-corrected chi connectivity index (χ3v) is 4.23. The van der Waals surface area contributed by atoms with Crippen molar-refractivity contribution in [2.24, 2.45) is 5.41 Å². The third-order valence-electron chi connectivity index (χ3n) is 3.98. The third kappa shape index (κ3) is 4.91. The molecule has 1 aromatic rings. The summed E-state index contributed by atoms with van der Waals surface area (Å²) in [6.45, 7) is 9.49. The molecule has 122 valence electrons. The van der Waals surface area contributed by atoms with Gasteiger partial charge in [-0.05, 0) is 63.1 Å². The molecule has 0 radical (unpaired) electrons. The molecule has 1 aliphatic heterocycles. The average molecular weight is 324 g/mol. The highest BCUT2D eigenvalue weighted by molar-refractivity contribution is 6.30. The molecule has 2 rings (SSSR count). The SMILES string of the molecule is CC(C)(C)OC(=O)N1CCC[C@@](C)(Cc2ccc(Cl)cc2)C1. The molecular weight excluding hydrogens is 298 g/mol. The van der Waals surface area contributed by atoms with Gasteiger partial charge in [-0.1, -0.05) is 30.7 Å². The summed E-state index contributed by atoms with van der Waals surface area (Å²) in [5.74, 6) is 0. The lowest BCUT2D eigenvalue weighted by atomic mass is 9.77. The molecule has 1 aromatic carbocycles. The first-order chi connectivity index (χ1) is 10.2. The Hall–Kier alpha value is -1.22. The van der Waals surface area contributed by atoms with Gasteiger partial charge in [0.2, 0.25) is 0 Å². The Morgan fingerprint density at radius 1 is 1.32 bits per heavy atom. The standard InChI is InChI=1S/C18H26ClNO2/c1-17(2,3)22-16(21)20-11-5-10-18(4,13-20)12-14-6-8-15(19)9-7-14/h6-9H,5,10-13H2,1-4H3/t18-/m0/s1. The number of rotatable bonds is 2. The molecule has 0 unspecified atom stereocenters. The van der Waals surface area contributed by atoms with E-state index in [-0.39, 0.29) is 11.5 Å². The number of hydrogen-bond acceptors (Lipinski definition) is 2. The van der Waals surface area contributed by atoms with Gasteiger partial charge in [0.25, 0.3) is 0 Å². The zero-order chi connectivity index (χ0) is 16.4. The van der Waals surface area contributed by atoms with Crippen molar-refractivity contribution in [1.82, 2.24) is 4.90 Å². The van der Waals surface area contributed by atoms with Crippen LogP contribution in [0, 0.1) is 5.41 Å². The molecule has 0 spiro atoms. The first-order valence-corrected chi connectivity index (χ1v) is 8.27. The zero-order valence-corrected chi connectivity index (χ0v) is 14.7. The maximum atomic E-state index is 12.3. The molecule has 1 fully saturated rings. The minimum atomic E-state index is -0.443. The molecule has 0 N–H and O–H groups in total. The molecule has 0 aromatic heterocycles. The van der Waals surface area contributed by atoms with Crippen LogP contribution in [0.25, 0.3) is 0 Å². The number of hydrogen-bond donors (Lipinski definition) is 0. The quantitative estimate of drug-likeness (QED) is 0.773. The Balaban J connectivity index is 2.02. The molecule has 0 bridgehead atoms. The fourth-order valence-corrected chi connectivity index (χ4v) is 3.16. The maximum absolute atomic E-state index is 12.3. The smallest absolute Gasteiger partial charge is 0.410 e. The van der Waals surface area contributed by atoms with Gasteiger partial charge in [0, 0.05) is 18.1 Å². The Kier molecular flexibility index (Phi) is 5.06. The van der Waals surface area contributed by atoms with E-state index in [1.807, 2.05) is 37.8 Å². The highest BCUT2D eigenvalue weighted by atomic mass is 35.5. The minimum Gasteiger partial charge on any atom is -0.444 e. The molecule has 1 heterocycles. The van der Waals surface area contributed by atoms with Crippen LogP contribution in [0.15, 0.2) is 24.3 Å². The van der Waals surface area contributed by atoms with E-state index in [0.717, 1.165) is 37.4 Å². The van der Waals surface area contributed by atoms with Gasteiger partial charge in [-0.2, -0.15) is 0 Å². The van der Waals surface area contributed by atoms with Crippen molar-refractivity contribution in [2.75, 3.05) is 13.1 Å². The van der Waals surface area contributed by atoms with Crippen molar-refractivity contribution in [3.05, 3.63) is 34.9 Å². The highest BCUT2D eigenvalue weighted by Crippen LogP contribution is 2.34. The molecule has 3 nitrogen and oxygen atoms in total. The monoisotopic (exact) mass is 323 g/mol. The van der Waals surface area contributed by atoms with Gasteiger partial charge < -0.3 is 9.64 Å². The lowest BCUT2D eigenvalue weighted by Gasteiger charge is -2.41. The van der Waals surface area contributed by atoms with E-state index in [9.17, 15) is 4.79 Å². The number of halogens is 1. The average Bonchev–Trinajstić information content (AvgIpc) is 2.39. The van der Waals surface area contributed by atoms with Gasteiger partial charge in [0.05, 0.1) is 0 Å². The summed E-state index contributed by atoms with van der Waals surface area (Å²) in [5, 5.41) is 0.757. The normalized spacial score (nSPS) is 22.5. The summed E-state index contributed by atoms with van der Waals surface area (Å²) in [7, 11) is 0. The molecule has 0 aliphatic carbocycles. The fourth-order valence-electron chi connectivity index (χ4n) is 3.04. The number of nitrogens with zero attached hydrogens (tertiary/aromatic N) is 1. The van der Waals surface area contributed by atoms with Gasteiger partial charge in [-0.3, -0.25) is 0 Å². The van der Waals surface area contributed by atoms with Crippen LogP contribution < -0.4 is 0 Å². The number of carbonyl (C=O) groups excluding carboxylic acids is 1. The predicted octanol–water partition coefficient (Wildman–Crippen LogP) is 4.92. The first kappa shape index (κ1) is 17.1. The molecule has 4 heteroatoms.